The molecule has 2 aromatic heterocycles. The van der Waals surface area contributed by atoms with Crippen LogP contribution in [-0.2, 0) is 0 Å². The number of aromatic nitrogens is 2. The van der Waals surface area contributed by atoms with Crippen molar-refractivity contribution in [2.75, 3.05) is 0 Å². The molecule has 0 aliphatic rings. The number of H-pyrrole nitrogens is 1. The standard InChI is InChI=1S/C26H20N2OS/c1-17-12-14-18(15-13-17)21-16-30-26-23(21)25(29)27-24(28-26)22(19-8-4-2-5-9-19)20-10-6-3-7-11-20/h2-16,22H,1H3,(H,27,28,29). The Bertz CT molecular complexity index is 1310. The average molecular weight is 409 g/mol. The largest absolute Gasteiger partial charge is 0.309 e. The molecule has 4 heteroatoms. The first-order valence-electron chi connectivity index (χ1n) is 9.89. The Labute approximate surface area is 178 Å². The molecule has 2 heterocycles. The highest BCUT2D eigenvalue weighted by Gasteiger charge is 2.21. The van der Waals surface area contributed by atoms with Crippen LogP contribution in [-0.4, -0.2) is 9.97 Å². The van der Waals surface area contributed by atoms with Gasteiger partial charge in [0.05, 0.1) is 11.3 Å². The van der Waals surface area contributed by atoms with E-state index in [9.17, 15) is 4.79 Å². The topological polar surface area (TPSA) is 45.8 Å². The Morgan fingerprint density at radius 1 is 0.833 bits per heavy atom. The fourth-order valence-electron chi connectivity index (χ4n) is 3.85. The van der Waals surface area contributed by atoms with Gasteiger partial charge in [0.1, 0.15) is 10.7 Å². The second kappa shape index (κ2) is 7.73. The molecule has 0 radical (unpaired) electrons. The van der Waals surface area contributed by atoms with Crippen molar-refractivity contribution in [2.24, 2.45) is 0 Å². The van der Waals surface area contributed by atoms with Gasteiger partial charge in [-0.3, -0.25) is 4.79 Å². The molecular weight excluding hydrogens is 388 g/mol. The van der Waals surface area contributed by atoms with Gasteiger partial charge in [-0.2, -0.15) is 0 Å². The molecule has 1 N–H and O–H groups in total. The van der Waals surface area contributed by atoms with E-state index in [0.717, 1.165) is 27.1 Å². The lowest BCUT2D eigenvalue weighted by molar-refractivity contribution is 0.860. The van der Waals surface area contributed by atoms with Gasteiger partial charge in [0.2, 0.25) is 0 Å². The molecule has 0 aliphatic carbocycles. The Hall–Kier alpha value is -3.50. The molecule has 30 heavy (non-hydrogen) atoms. The lowest BCUT2D eigenvalue weighted by Gasteiger charge is -2.17. The Morgan fingerprint density at radius 3 is 2.03 bits per heavy atom. The van der Waals surface area contributed by atoms with Crippen LogP contribution in [0.25, 0.3) is 21.3 Å². The van der Waals surface area contributed by atoms with Crippen molar-refractivity contribution < 1.29 is 0 Å². The quantitative estimate of drug-likeness (QED) is 0.388. The molecule has 5 rings (SSSR count). The van der Waals surface area contributed by atoms with Crippen LogP contribution in [0.15, 0.2) is 95.1 Å². The Kier molecular flexibility index (Phi) is 4.77. The molecule has 0 spiro atoms. The lowest BCUT2D eigenvalue weighted by atomic mass is 9.90. The Balaban J connectivity index is 1.68. The predicted octanol–water partition coefficient (Wildman–Crippen LogP) is 6.14. The van der Waals surface area contributed by atoms with E-state index in [0.29, 0.717) is 11.2 Å². The predicted molar refractivity (Wildman–Crippen MR) is 124 cm³/mol. The van der Waals surface area contributed by atoms with Gasteiger partial charge in [-0.1, -0.05) is 90.5 Å². The third-order valence-corrected chi connectivity index (χ3v) is 6.24. The second-order valence-corrected chi connectivity index (χ2v) is 8.26. The molecule has 0 amide bonds. The number of aryl methyl sites for hydroxylation is 1. The highest BCUT2D eigenvalue weighted by molar-refractivity contribution is 7.17. The molecule has 0 aliphatic heterocycles. The minimum absolute atomic E-state index is 0.0938. The normalized spacial score (nSPS) is 11.3. The van der Waals surface area contributed by atoms with E-state index < -0.39 is 0 Å². The highest BCUT2D eigenvalue weighted by atomic mass is 32.1. The molecule has 3 nitrogen and oxygen atoms in total. The number of rotatable bonds is 4. The number of nitrogens with one attached hydrogen (secondary N) is 1. The van der Waals surface area contributed by atoms with Crippen molar-refractivity contribution >= 4 is 21.6 Å². The molecule has 0 unspecified atom stereocenters. The number of fused-ring (bicyclic) bond motifs is 1. The van der Waals surface area contributed by atoms with Crippen molar-refractivity contribution in [2.45, 2.75) is 12.8 Å². The third-order valence-electron chi connectivity index (χ3n) is 5.36. The lowest BCUT2D eigenvalue weighted by Crippen LogP contribution is -2.16. The third kappa shape index (κ3) is 3.36. The minimum Gasteiger partial charge on any atom is -0.309 e. The summed E-state index contributed by atoms with van der Waals surface area (Å²) in [7, 11) is 0. The van der Waals surface area contributed by atoms with Gasteiger partial charge in [-0.25, -0.2) is 4.98 Å². The fraction of sp³-hybridized carbons (Fsp3) is 0.0769. The van der Waals surface area contributed by atoms with Crippen LogP contribution in [0.1, 0.15) is 28.4 Å². The summed E-state index contributed by atoms with van der Waals surface area (Å²) in [6, 6.07) is 28.6. The molecular formula is C26H20N2OS. The summed E-state index contributed by atoms with van der Waals surface area (Å²) in [5, 5.41) is 2.69. The number of benzene rings is 3. The van der Waals surface area contributed by atoms with Crippen LogP contribution >= 0.6 is 11.3 Å². The summed E-state index contributed by atoms with van der Waals surface area (Å²) in [6.07, 6.45) is 0. The first-order chi connectivity index (χ1) is 14.7. The van der Waals surface area contributed by atoms with Crippen LogP contribution in [0.5, 0.6) is 0 Å². The number of hydrogen-bond acceptors (Lipinski definition) is 3. The van der Waals surface area contributed by atoms with Crippen LogP contribution in [0, 0.1) is 6.92 Å². The summed E-state index contributed by atoms with van der Waals surface area (Å²) in [5.74, 6) is 0.539. The van der Waals surface area contributed by atoms with Crippen molar-refractivity contribution in [1.82, 2.24) is 9.97 Å². The zero-order chi connectivity index (χ0) is 20.5. The summed E-state index contributed by atoms with van der Waals surface area (Å²) in [5.41, 5.74) is 5.27. The van der Waals surface area contributed by atoms with E-state index in [1.807, 2.05) is 41.8 Å². The number of hydrogen-bond donors (Lipinski definition) is 1. The van der Waals surface area contributed by atoms with Crippen molar-refractivity contribution in [1.29, 1.82) is 0 Å². The SMILES string of the molecule is Cc1ccc(-c2csc3nc(C(c4ccccc4)c4ccccc4)[nH]c(=O)c23)cc1. The summed E-state index contributed by atoms with van der Waals surface area (Å²) >= 11 is 1.52. The van der Waals surface area contributed by atoms with E-state index in [1.165, 1.54) is 16.9 Å². The molecule has 0 saturated heterocycles. The monoisotopic (exact) mass is 408 g/mol. The minimum atomic E-state index is -0.130. The fourth-order valence-corrected chi connectivity index (χ4v) is 4.80. The smallest absolute Gasteiger partial charge is 0.260 e. The highest BCUT2D eigenvalue weighted by Crippen LogP contribution is 2.34. The molecule has 5 aromatic rings. The van der Waals surface area contributed by atoms with Crippen molar-refractivity contribution in [3.05, 3.63) is 123 Å². The molecule has 3 aromatic carbocycles. The van der Waals surface area contributed by atoms with Gasteiger partial charge < -0.3 is 4.98 Å². The zero-order valence-electron chi connectivity index (χ0n) is 16.5. The van der Waals surface area contributed by atoms with E-state index in [4.69, 9.17) is 4.98 Å². The Morgan fingerprint density at radius 2 is 1.43 bits per heavy atom. The van der Waals surface area contributed by atoms with E-state index in [1.54, 1.807) is 0 Å². The average Bonchev–Trinajstić information content (AvgIpc) is 3.21. The zero-order valence-corrected chi connectivity index (χ0v) is 17.3. The van der Waals surface area contributed by atoms with E-state index in [-0.39, 0.29) is 11.5 Å². The van der Waals surface area contributed by atoms with Crippen LogP contribution in [0.4, 0.5) is 0 Å². The summed E-state index contributed by atoms with van der Waals surface area (Å²) < 4.78 is 0. The maximum atomic E-state index is 13.2. The summed E-state index contributed by atoms with van der Waals surface area (Å²) in [6.45, 7) is 2.06. The van der Waals surface area contributed by atoms with Crippen LogP contribution in [0.2, 0.25) is 0 Å². The maximum Gasteiger partial charge on any atom is 0.260 e. The molecule has 0 saturated carbocycles. The van der Waals surface area contributed by atoms with Gasteiger partial charge >= 0.3 is 0 Å². The number of aromatic amines is 1. The molecule has 146 valence electrons. The van der Waals surface area contributed by atoms with Gasteiger partial charge in [-0.15, -0.1) is 11.3 Å². The maximum absolute atomic E-state index is 13.2. The van der Waals surface area contributed by atoms with Crippen LogP contribution in [0.3, 0.4) is 0 Å². The summed E-state index contributed by atoms with van der Waals surface area (Å²) in [4.78, 5) is 22.0. The van der Waals surface area contributed by atoms with Gasteiger partial charge in [0.25, 0.3) is 5.56 Å². The molecule has 0 atom stereocenters. The van der Waals surface area contributed by atoms with E-state index >= 15 is 0 Å². The first kappa shape index (κ1) is 18.5. The van der Waals surface area contributed by atoms with Gasteiger partial charge in [0, 0.05) is 10.9 Å². The second-order valence-electron chi connectivity index (χ2n) is 7.40. The number of nitrogens with zero attached hydrogens (tertiary/aromatic N) is 1. The molecule has 0 bridgehead atoms. The van der Waals surface area contributed by atoms with Gasteiger partial charge in [0.15, 0.2) is 0 Å². The van der Waals surface area contributed by atoms with E-state index in [2.05, 4.69) is 60.4 Å². The van der Waals surface area contributed by atoms with Gasteiger partial charge in [-0.05, 0) is 23.6 Å². The van der Waals surface area contributed by atoms with Crippen LogP contribution < -0.4 is 5.56 Å². The first-order valence-corrected chi connectivity index (χ1v) is 10.8. The molecule has 0 fully saturated rings. The van der Waals surface area contributed by atoms with Crippen molar-refractivity contribution in [3.63, 3.8) is 0 Å². The van der Waals surface area contributed by atoms with Crippen molar-refractivity contribution in [3.8, 4) is 11.1 Å². The number of thiophene rings is 1.